The van der Waals surface area contributed by atoms with E-state index < -0.39 is 16.9 Å². The first-order valence-electron chi connectivity index (χ1n) is 5.87. The van der Waals surface area contributed by atoms with Crippen molar-refractivity contribution in [3.63, 3.8) is 0 Å². The SMILES string of the molecule is C=C(CC)C(=O)c1ccc(OC(Cl)C(Cl)C(=O)O)cc1. The average molecular weight is 317 g/mol. The van der Waals surface area contributed by atoms with Crippen LogP contribution in [0.1, 0.15) is 23.7 Å². The van der Waals surface area contributed by atoms with Crippen LogP contribution in [0, 0.1) is 0 Å². The third-order valence-electron chi connectivity index (χ3n) is 2.58. The predicted molar refractivity (Wildman–Crippen MR) is 77.7 cm³/mol. The molecule has 4 nitrogen and oxygen atoms in total. The van der Waals surface area contributed by atoms with E-state index in [-0.39, 0.29) is 5.78 Å². The lowest BCUT2D eigenvalue weighted by Crippen LogP contribution is -2.29. The zero-order valence-electron chi connectivity index (χ0n) is 10.8. The van der Waals surface area contributed by atoms with Gasteiger partial charge in [0.25, 0.3) is 0 Å². The number of carboxylic acid groups (broad SMARTS) is 1. The number of ketones is 1. The number of hydrogen-bond acceptors (Lipinski definition) is 3. The number of aliphatic carboxylic acids is 1. The summed E-state index contributed by atoms with van der Waals surface area (Å²) in [6.45, 7) is 5.53. The number of allylic oxidation sites excluding steroid dienone is 1. The van der Waals surface area contributed by atoms with Gasteiger partial charge in [-0.15, -0.1) is 11.6 Å². The fourth-order valence-corrected chi connectivity index (χ4v) is 1.61. The molecule has 1 aromatic rings. The lowest BCUT2D eigenvalue weighted by Gasteiger charge is -2.15. The third kappa shape index (κ3) is 4.25. The first kappa shape index (κ1) is 16.5. The number of carbonyl (C=O) groups is 2. The number of Topliss-reactive ketones (excluding diaryl/α,β-unsaturated/α-hetero) is 1. The largest absolute Gasteiger partial charge is 0.480 e. The molecule has 0 fully saturated rings. The molecule has 0 aromatic heterocycles. The molecule has 0 aliphatic heterocycles. The fraction of sp³-hybridized carbons (Fsp3) is 0.286. The van der Waals surface area contributed by atoms with Gasteiger partial charge in [-0.25, -0.2) is 0 Å². The summed E-state index contributed by atoms with van der Waals surface area (Å²) >= 11 is 11.3. The summed E-state index contributed by atoms with van der Waals surface area (Å²) in [5.74, 6) is -1.07. The minimum Gasteiger partial charge on any atom is -0.480 e. The molecule has 0 saturated heterocycles. The summed E-state index contributed by atoms with van der Waals surface area (Å²) in [5, 5.41) is 7.32. The number of benzene rings is 1. The summed E-state index contributed by atoms with van der Waals surface area (Å²) in [5.41, 5.74) is -0.210. The molecule has 2 atom stereocenters. The number of alkyl halides is 2. The smallest absolute Gasteiger partial charge is 0.326 e. The standard InChI is InChI=1S/C14H14Cl2O4/c1-3-8(2)12(17)9-4-6-10(7-5-9)20-13(16)11(15)14(18)19/h4-7,11,13H,2-3H2,1H3,(H,18,19). The van der Waals surface area contributed by atoms with Crippen molar-refractivity contribution >= 4 is 35.0 Å². The number of rotatable bonds is 7. The molecular formula is C14H14Cl2O4. The van der Waals surface area contributed by atoms with Gasteiger partial charge in [0.2, 0.25) is 0 Å². The molecule has 1 rings (SSSR count). The number of hydrogen-bond donors (Lipinski definition) is 1. The molecule has 108 valence electrons. The number of carboxylic acids is 1. The van der Waals surface area contributed by atoms with Gasteiger partial charge in [-0.05, 0) is 36.3 Å². The van der Waals surface area contributed by atoms with Gasteiger partial charge in [0, 0.05) is 5.56 Å². The molecule has 0 radical (unpaired) electrons. The molecule has 1 aromatic carbocycles. The summed E-state index contributed by atoms with van der Waals surface area (Å²) < 4.78 is 5.18. The van der Waals surface area contributed by atoms with Crippen LogP contribution in [0.5, 0.6) is 5.75 Å². The highest BCUT2D eigenvalue weighted by Gasteiger charge is 2.25. The maximum absolute atomic E-state index is 11.8. The van der Waals surface area contributed by atoms with Gasteiger partial charge in [-0.1, -0.05) is 25.1 Å². The first-order valence-corrected chi connectivity index (χ1v) is 6.74. The number of ether oxygens (including phenoxy) is 1. The number of carbonyl (C=O) groups excluding carboxylic acids is 1. The topological polar surface area (TPSA) is 63.6 Å². The predicted octanol–water partition coefficient (Wildman–Crippen LogP) is 3.47. The highest BCUT2D eigenvalue weighted by molar-refractivity contribution is 6.36. The molecule has 0 bridgehead atoms. The van der Waals surface area contributed by atoms with Crippen LogP contribution in [-0.2, 0) is 4.79 Å². The summed E-state index contributed by atoms with van der Waals surface area (Å²) in [4.78, 5) is 22.5. The van der Waals surface area contributed by atoms with Crippen LogP contribution in [0.3, 0.4) is 0 Å². The highest BCUT2D eigenvalue weighted by atomic mass is 35.5. The van der Waals surface area contributed by atoms with Crippen molar-refractivity contribution in [3.05, 3.63) is 42.0 Å². The van der Waals surface area contributed by atoms with Gasteiger partial charge in [0.05, 0.1) is 0 Å². The van der Waals surface area contributed by atoms with Crippen molar-refractivity contribution in [2.75, 3.05) is 0 Å². The molecule has 0 amide bonds. The minimum atomic E-state index is -1.36. The summed E-state index contributed by atoms with van der Waals surface area (Å²) in [6.07, 6.45) is 0.577. The van der Waals surface area contributed by atoms with Crippen LogP contribution in [0.25, 0.3) is 0 Å². The van der Waals surface area contributed by atoms with Crippen molar-refractivity contribution in [2.24, 2.45) is 0 Å². The Morgan fingerprint density at radius 1 is 1.30 bits per heavy atom. The second-order valence-electron chi connectivity index (χ2n) is 4.02. The van der Waals surface area contributed by atoms with E-state index in [1.54, 1.807) is 12.1 Å². The fourth-order valence-electron chi connectivity index (χ4n) is 1.35. The van der Waals surface area contributed by atoms with E-state index in [4.69, 9.17) is 33.0 Å². The Kier molecular flexibility index (Phi) is 6.05. The average Bonchev–Trinajstić information content (AvgIpc) is 2.45. The summed E-state index contributed by atoms with van der Waals surface area (Å²) in [7, 11) is 0. The van der Waals surface area contributed by atoms with Crippen LogP contribution < -0.4 is 4.74 Å². The molecule has 6 heteroatoms. The van der Waals surface area contributed by atoms with Crippen molar-refractivity contribution in [1.82, 2.24) is 0 Å². The monoisotopic (exact) mass is 316 g/mol. The Morgan fingerprint density at radius 3 is 2.30 bits per heavy atom. The second kappa shape index (κ2) is 7.31. The van der Waals surface area contributed by atoms with Crippen molar-refractivity contribution in [2.45, 2.75) is 24.3 Å². The van der Waals surface area contributed by atoms with E-state index in [0.717, 1.165) is 0 Å². The molecule has 0 saturated carbocycles. The Morgan fingerprint density at radius 2 is 1.85 bits per heavy atom. The van der Waals surface area contributed by atoms with Crippen LogP contribution in [0.4, 0.5) is 0 Å². The maximum atomic E-state index is 11.8. The van der Waals surface area contributed by atoms with E-state index in [1.807, 2.05) is 6.92 Å². The Hall–Kier alpha value is -1.52. The zero-order valence-corrected chi connectivity index (χ0v) is 12.3. The number of halogens is 2. The third-order valence-corrected chi connectivity index (χ3v) is 3.46. The van der Waals surface area contributed by atoms with Gasteiger partial charge in [0.15, 0.2) is 16.7 Å². The summed E-state index contributed by atoms with van der Waals surface area (Å²) in [6, 6.07) is 6.17. The molecule has 20 heavy (non-hydrogen) atoms. The van der Waals surface area contributed by atoms with Gasteiger partial charge >= 0.3 is 5.97 Å². The van der Waals surface area contributed by atoms with Crippen molar-refractivity contribution in [3.8, 4) is 5.75 Å². The highest BCUT2D eigenvalue weighted by Crippen LogP contribution is 2.20. The van der Waals surface area contributed by atoms with Crippen LogP contribution >= 0.6 is 23.2 Å². The van der Waals surface area contributed by atoms with Crippen LogP contribution in [0.2, 0.25) is 0 Å². The Bertz CT molecular complexity index is 510. The van der Waals surface area contributed by atoms with Gasteiger partial charge in [-0.3, -0.25) is 9.59 Å². The van der Waals surface area contributed by atoms with E-state index in [1.165, 1.54) is 12.1 Å². The Balaban J connectivity index is 2.75. The van der Waals surface area contributed by atoms with Gasteiger partial charge in [0.1, 0.15) is 5.75 Å². The minimum absolute atomic E-state index is 0.137. The normalized spacial score (nSPS) is 13.3. The lowest BCUT2D eigenvalue weighted by atomic mass is 10.0. The molecule has 0 heterocycles. The Labute approximate surface area is 126 Å². The first-order chi connectivity index (χ1) is 9.36. The molecule has 2 unspecified atom stereocenters. The van der Waals surface area contributed by atoms with E-state index in [9.17, 15) is 9.59 Å². The van der Waals surface area contributed by atoms with E-state index in [0.29, 0.717) is 23.3 Å². The molecule has 0 aliphatic rings. The molecular weight excluding hydrogens is 303 g/mol. The van der Waals surface area contributed by atoms with E-state index >= 15 is 0 Å². The van der Waals surface area contributed by atoms with Crippen molar-refractivity contribution in [1.29, 1.82) is 0 Å². The van der Waals surface area contributed by atoms with Gasteiger partial charge < -0.3 is 9.84 Å². The lowest BCUT2D eigenvalue weighted by molar-refractivity contribution is -0.137. The quantitative estimate of drug-likeness (QED) is 0.475. The molecule has 0 spiro atoms. The van der Waals surface area contributed by atoms with Crippen molar-refractivity contribution < 1.29 is 19.4 Å². The zero-order chi connectivity index (χ0) is 15.3. The maximum Gasteiger partial charge on any atom is 0.326 e. The van der Waals surface area contributed by atoms with E-state index in [2.05, 4.69) is 6.58 Å². The van der Waals surface area contributed by atoms with Gasteiger partial charge in [-0.2, -0.15) is 0 Å². The second-order valence-corrected chi connectivity index (χ2v) is 4.92. The van der Waals surface area contributed by atoms with Crippen LogP contribution in [0.15, 0.2) is 36.4 Å². The molecule has 0 aliphatic carbocycles. The van der Waals surface area contributed by atoms with Crippen LogP contribution in [-0.4, -0.2) is 27.8 Å². The molecule has 1 N–H and O–H groups in total.